The second-order valence-electron chi connectivity index (χ2n) is 5.50. The van der Waals surface area contributed by atoms with Gasteiger partial charge in [-0.2, -0.15) is 0 Å². The van der Waals surface area contributed by atoms with E-state index in [0.29, 0.717) is 12.2 Å². The molecule has 0 bridgehead atoms. The number of ether oxygens (including phenoxy) is 1. The van der Waals surface area contributed by atoms with Crippen LogP contribution in [0, 0.1) is 11.6 Å². The normalized spacial score (nSPS) is 16.8. The molecule has 1 amide bonds. The van der Waals surface area contributed by atoms with E-state index in [1.807, 2.05) is 0 Å². The molecule has 2 heterocycles. The first-order valence-electron chi connectivity index (χ1n) is 7.70. The molecule has 1 unspecified atom stereocenters. The van der Waals surface area contributed by atoms with E-state index in [0.717, 1.165) is 31.6 Å². The molecule has 126 valence electrons. The lowest BCUT2D eigenvalue weighted by atomic mass is 10.2. The molecule has 0 saturated carbocycles. The Bertz CT molecular complexity index is 713. The number of rotatable bonds is 5. The summed E-state index contributed by atoms with van der Waals surface area (Å²) in [6.07, 6.45) is 3.66. The molecule has 2 N–H and O–H groups in total. The van der Waals surface area contributed by atoms with Crippen molar-refractivity contribution in [1.82, 2.24) is 4.98 Å². The van der Waals surface area contributed by atoms with Gasteiger partial charge < -0.3 is 15.4 Å². The molecule has 24 heavy (non-hydrogen) atoms. The topological polar surface area (TPSA) is 63.2 Å². The zero-order valence-electron chi connectivity index (χ0n) is 12.9. The lowest BCUT2D eigenvalue weighted by molar-refractivity contribution is 0.102. The molecule has 0 aliphatic carbocycles. The predicted molar refractivity (Wildman–Crippen MR) is 86.0 cm³/mol. The van der Waals surface area contributed by atoms with Gasteiger partial charge in [0.25, 0.3) is 5.91 Å². The SMILES string of the molecule is O=C(Nc1c(F)cccc1F)c1cc(NCC2CCCO2)ccn1. The molecular formula is C17H17F2N3O2. The molecule has 2 aromatic rings. The molecule has 3 rings (SSSR count). The first kappa shape index (κ1) is 16.3. The van der Waals surface area contributed by atoms with Gasteiger partial charge in [-0.25, -0.2) is 8.78 Å². The zero-order valence-corrected chi connectivity index (χ0v) is 12.9. The summed E-state index contributed by atoms with van der Waals surface area (Å²) in [6.45, 7) is 1.40. The van der Waals surface area contributed by atoms with Crippen LogP contribution in [-0.4, -0.2) is 30.1 Å². The fraction of sp³-hybridized carbons (Fsp3) is 0.294. The predicted octanol–water partition coefficient (Wildman–Crippen LogP) is 3.20. The Morgan fingerprint density at radius 1 is 1.29 bits per heavy atom. The zero-order chi connectivity index (χ0) is 16.9. The standard InChI is InChI=1S/C17H17F2N3O2/c18-13-4-1-5-14(19)16(13)22-17(23)15-9-11(6-7-20-15)21-10-12-3-2-8-24-12/h1,4-7,9,12H,2-3,8,10H2,(H,20,21)(H,22,23). The highest BCUT2D eigenvalue weighted by atomic mass is 19.1. The van der Waals surface area contributed by atoms with Gasteiger partial charge in [0.05, 0.1) is 6.10 Å². The van der Waals surface area contributed by atoms with Crippen LogP contribution in [-0.2, 0) is 4.74 Å². The summed E-state index contributed by atoms with van der Waals surface area (Å²) < 4.78 is 32.7. The highest BCUT2D eigenvalue weighted by Gasteiger charge is 2.16. The molecule has 1 atom stereocenters. The van der Waals surface area contributed by atoms with Gasteiger partial charge in [0.2, 0.25) is 0 Å². The van der Waals surface area contributed by atoms with Crippen LogP contribution in [0.5, 0.6) is 0 Å². The monoisotopic (exact) mass is 333 g/mol. The van der Waals surface area contributed by atoms with E-state index < -0.39 is 23.2 Å². The Labute approximate surface area is 138 Å². The van der Waals surface area contributed by atoms with Crippen LogP contribution in [0.2, 0.25) is 0 Å². The second-order valence-corrected chi connectivity index (χ2v) is 5.50. The van der Waals surface area contributed by atoms with Gasteiger partial charge in [-0.15, -0.1) is 0 Å². The molecule has 1 fully saturated rings. The van der Waals surface area contributed by atoms with Crippen LogP contribution >= 0.6 is 0 Å². The lowest BCUT2D eigenvalue weighted by Crippen LogP contribution is -2.19. The number of anilines is 2. The Balaban J connectivity index is 1.67. The average Bonchev–Trinajstić information content (AvgIpc) is 3.10. The van der Waals surface area contributed by atoms with Gasteiger partial charge >= 0.3 is 0 Å². The van der Waals surface area contributed by atoms with E-state index in [-0.39, 0.29) is 11.8 Å². The van der Waals surface area contributed by atoms with E-state index >= 15 is 0 Å². The summed E-state index contributed by atoms with van der Waals surface area (Å²) in [4.78, 5) is 16.1. The maximum absolute atomic E-state index is 13.6. The van der Waals surface area contributed by atoms with Gasteiger partial charge in [-0.05, 0) is 37.1 Å². The number of carbonyl (C=O) groups is 1. The first-order valence-corrected chi connectivity index (χ1v) is 7.70. The Morgan fingerprint density at radius 3 is 2.79 bits per heavy atom. The van der Waals surface area contributed by atoms with Crippen molar-refractivity contribution in [2.45, 2.75) is 18.9 Å². The van der Waals surface area contributed by atoms with Crippen LogP contribution < -0.4 is 10.6 Å². The molecule has 7 heteroatoms. The van der Waals surface area contributed by atoms with Crippen LogP contribution in [0.4, 0.5) is 20.2 Å². The van der Waals surface area contributed by atoms with Crippen LogP contribution in [0.3, 0.4) is 0 Å². The Morgan fingerprint density at radius 2 is 2.08 bits per heavy atom. The van der Waals surface area contributed by atoms with Gasteiger partial charge in [-0.3, -0.25) is 9.78 Å². The Hall–Kier alpha value is -2.54. The molecule has 1 aliphatic heterocycles. The van der Waals surface area contributed by atoms with E-state index in [4.69, 9.17) is 4.74 Å². The highest BCUT2D eigenvalue weighted by molar-refractivity contribution is 6.03. The number of pyridine rings is 1. The fourth-order valence-corrected chi connectivity index (χ4v) is 2.50. The first-order chi connectivity index (χ1) is 11.6. The van der Waals surface area contributed by atoms with Gasteiger partial charge in [0.1, 0.15) is 23.0 Å². The maximum Gasteiger partial charge on any atom is 0.274 e. The number of benzene rings is 1. The van der Waals surface area contributed by atoms with Crippen molar-refractivity contribution in [1.29, 1.82) is 0 Å². The number of carbonyl (C=O) groups excluding carboxylic acids is 1. The minimum atomic E-state index is -0.837. The van der Waals surface area contributed by atoms with Crippen molar-refractivity contribution in [3.05, 3.63) is 53.9 Å². The average molecular weight is 333 g/mol. The summed E-state index contributed by atoms with van der Waals surface area (Å²) in [5.41, 5.74) is 0.275. The minimum Gasteiger partial charge on any atom is -0.382 e. The third-order valence-corrected chi connectivity index (χ3v) is 3.75. The van der Waals surface area contributed by atoms with E-state index in [2.05, 4.69) is 15.6 Å². The van der Waals surface area contributed by atoms with Crippen molar-refractivity contribution in [3.8, 4) is 0 Å². The van der Waals surface area contributed by atoms with Gasteiger partial charge in [-0.1, -0.05) is 6.07 Å². The smallest absolute Gasteiger partial charge is 0.274 e. The number of nitrogens with one attached hydrogen (secondary N) is 2. The molecule has 1 aliphatic rings. The molecule has 1 saturated heterocycles. The summed E-state index contributed by atoms with van der Waals surface area (Å²) in [5.74, 6) is -2.35. The van der Waals surface area contributed by atoms with E-state index in [1.165, 1.54) is 18.3 Å². The summed E-state index contributed by atoms with van der Waals surface area (Å²) in [6, 6.07) is 6.63. The van der Waals surface area contributed by atoms with Crippen molar-refractivity contribution in [2.24, 2.45) is 0 Å². The molecule has 0 spiro atoms. The third kappa shape index (κ3) is 3.86. The largest absolute Gasteiger partial charge is 0.382 e. The molecule has 1 aromatic heterocycles. The van der Waals surface area contributed by atoms with Crippen molar-refractivity contribution in [3.63, 3.8) is 0 Å². The lowest BCUT2D eigenvalue weighted by Gasteiger charge is -2.12. The molecular weight excluding hydrogens is 316 g/mol. The summed E-state index contributed by atoms with van der Waals surface area (Å²) in [7, 11) is 0. The molecule has 1 aromatic carbocycles. The fourth-order valence-electron chi connectivity index (χ4n) is 2.50. The summed E-state index contributed by atoms with van der Waals surface area (Å²) >= 11 is 0. The number of amides is 1. The highest BCUT2D eigenvalue weighted by Crippen LogP contribution is 2.19. The van der Waals surface area contributed by atoms with E-state index in [9.17, 15) is 13.6 Å². The van der Waals surface area contributed by atoms with E-state index in [1.54, 1.807) is 6.07 Å². The van der Waals surface area contributed by atoms with Crippen LogP contribution in [0.1, 0.15) is 23.3 Å². The third-order valence-electron chi connectivity index (χ3n) is 3.75. The van der Waals surface area contributed by atoms with Crippen molar-refractivity contribution < 1.29 is 18.3 Å². The molecule has 5 nitrogen and oxygen atoms in total. The summed E-state index contributed by atoms with van der Waals surface area (Å²) in [5, 5.41) is 5.39. The van der Waals surface area contributed by atoms with Crippen LogP contribution in [0.15, 0.2) is 36.5 Å². The number of hydrogen-bond donors (Lipinski definition) is 2. The number of para-hydroxylation sites is 1. The molecule has 0 radical (unpaired) electrons. The minimum absolute atomic E-state index is 0.0648. The number of aromatic nitrogens is 1. The second kappa shape index (κ2) is 7.35. The van der Waals surface area contributed by atoms with Crippen LogP contribution in [0.25, 0.3) is 0 Å². The van der Waals surface area contributed by atoms with Gasteiger partial charge in [0, 0.05) is 25.0 Å². The van der Waals surface area contributed by atoms with Crippen molar-refractivity contribution >= 4 is 17.3 Å². The number of nitrogens with zero attached hydrogens (tertiary/aromatic N) is 1. The Kier molecular flexibility index (Phi) is 5.00. The quantitative estimate of drug-likeness (QED) is 0.882. The number of halogens is 2. The van der Waals surface area contributed by atoms with Gasteiger partial charge in [0.15, 0.2) is 0 Å². The number of hydrogen-bond acceptors (Lipinski definition) is 4. The maximum atomic E-state index is 13.6. The van der Waals surface area contributed by atoms with Crippen molar-refractivity contribution in [2.75, 3.05) is 23.8 Å².